The SMILES string of the molecule is COc1c(CN2O[C@@H](CO)[C@H]([C@H](C)O)[C@H]2C(=O)N[C@H]2C[C@H]3C[C@@H]([C@@H]2C)C3(C)C)cccc1-c1cccc(C(=O)N[C@H](CC(C)C)CN(C)C)c1. The first kappa shape index (κ1) is 38.2. The van der Waals surface area contributed by atoms with Gasteiger partial charge in [0.1, 0.15) is 17.9 Å². The monoisotopic (exact) mass is 692 g/mol. The Kier molecular flexibility index (Phi) is 12.0. The molecule has 4 fully saturated rings. The molecule has 10 heteroatoms. The number of aliphatic hydroxyl groups excluding tert-OH is 2. The number of rotatable bonds is 14. The zero-order chi connectivity index (χ0) is 36.5. The maximum atomic E-state index is 14.2. The van der Waals surface area contributed by atoms with Gasteiger partial charge in [0.15, 0.2) is 0 Å². The van der Waals surface area contributed by atoms with Crippen LogP contribution in [0.4, 0.5) is 0 Å². The fourth-order valence-corrected chi connectivity index (χ4v) is 9.12. The Morgan fingerprint density at radius 3 is 2.44 bits per heavy atom. The Morgan fingerprint density at radius 1 is 1.12 bits per heavy atom. The van der Waals surface area contributed by atoms with Crippen LogP contribution in [0.15, 0.2) is 42.5 Å². The lowest BCUT2D eigenvalue weighted by Crippen LogP contribution is -2.62. The average molecular weight is 693 g/mol. The average Bonchev–Trinajstić information content (AvgIpc) is 3.43. The Labute approximate surface area is 298 Å². The lowest BCUT2D eigenvalue weighted by Gasteiger charge is -2.62. The van der Waals surface area contributed by atoms with Crippen molar-refractivity contribution in [2.24, 2.45) is 35.0 Å². The number of likely N-dealkylation sites (N-methyl/N-ethyl adjacent to an activating group) is 1. The molecule has 2 bridgehead atoms. The van der Waals surface area contributed by atoms with Crippen LogP contribution in [0, 0.1) is 35.0 Å². The van der Waals surface area contributed by atoms with Gasteiger partial charge in [0, 0.05) is 41.2 Å². The van der Waals surface area contributed by atoms with Gasteiger partial charge < -0.3 is 30.5 Å². The fourth-order valence-electron chi connectivity index (χ4n) is 9.12. The van der Waals surface area contributed by atoms with Crippen LogP contribution in [0.2, 0.25) is 0 Å². The molecule has 0 spiro atoms. The molecule has 276 valence electrons. The second-order valence-electron chi connectivity index (χ2n) is 16.4. The van der Waals surface area contributed by atoms with Crippen LogP contribution >= 0.6 is 0 Å². The molecule has 0 aromatic heterocycles. The number of aliphatic hydroxyl groups is 2. The molecule has 0 radical (unpaired) electrons. The minimum atomic E-state index is -0.885. The molecule has 4 aliphatic rings. The summed E-state index contributed by atoms with van der Waals surface area (Å²) in [5.74, 6) is 1.60. The third kappa shape index (κ3) is 7.89. The van der Waals surface area contributed by atoms with E-state index in [9.17, 15) is 19.8 Å². The highest BCUT2D eigenvalue weighted by Gasteiger charge is 2.57. The van der Waals surface area contributed by atoms with Crippen molar-refractivity contribution in [1.82, 2.24) is 20.6 Å². The van der Waals surface area contributed by atoms with Crippen molar-refractivity contribution < 1.29 is 29.4 Å². The van der Waals surface area contributed by atoms with Crippen LogP contribution in [0.5, 0.6) is 5.75 Å². The van der Waals surface area contributed by atoms with Crippen molar-refractivity contribution in [3.63, 3.8) is 0 Å². The molecule has 2 amide bonds. The highest BCUT2D eigenvalue weighted by atomic mass is 16.7. The van der Waals surface area contributed by atoms with Crippen LogP contribution in [0.1, 0.15) is 76.7 Å². The molecule has 50 heavy (non-hydrogen) atoms. The van der Waals surface area contributed by atoms with Gasteiger partial charge in [0.2, 0.25) is 5.91 Å². The predicted octanol–water partition coefficient (Wildman–Crippen LogP) is 4.73. The van der Waals surface area contributed by atoms with E-state index in [1.54, 1.807) is 19.1 Å². The molecular formula is C40H60N4O6. The standard InChI is InChI=1S/C40H60N4O6/c1-23(2)16-30(21-43(7)8)41-38(47)27-13-10-12-26(17-27)31-15-11-14-28(37(31)49-9)20-44-36(35(25(4)46)34(22-45)50-44)39(48)42-33-19-29-18-32(24(33)3)40(29,5)6/h10-15,17,23-25,29-30,32-36,45-46H,16,18-22H2,1-9H3,(H,41,47)(H,42,48)/t24-,25-,29+,30+,32-,33-,34-,35-,36-/m0/s1. The minimum absolute atomic E-state index is 0.0247. The minimum Gasteiger partial charge on any atom is -0.496 e. The molecule has 1 aliphatic heterocycles. The van der Waals surface area contributed by atoms with E-state index in [0.717, 1.165) is 36.1 Å². The third-order valence-electron chi connectivity index (χ3n) is 11.8. The Bertz CT molecular complexity index is 1480. The van der Waals surface area contributed by atoms with Gasteiger partial charge >= 0.3 is 0 Å². The van der Waals surface area contributed by atoms with E-state index in [1.807, 2.05) is 56.6 Å². The molecule has 4 N–H and O–H groups in total. The number of benzene rings is 2. The molecule has 6 rings (SSSR count). The van der Waals surface area contributed by atoms with Gasteiger partial charge in [0.25, 0.3) is 5.91 Å². The Hall–Kier alpha value is -3.02. The summed E-state index contributed by atoms with van der Waals surface area (Å²) < 4.78 is 6.00. The smallest absolute Gasteiger partial charge is 0.251 e. The first-order chi connectivity index (χ1) is 23.7. The molecule has 1 heterocycles. The number of para-hydroxylation sites is 1. The van der Waals surface area contributed by atoms with E-state index in [2.05, 4.69) is 50.2 Å². The number of carbonyl (C=O) groups excluding carboxylic acids is 2. The van der Waals surface area contributed by atoms with Crippen LogP contribution in [-0.4, -0.2) is 96.7 Å². The second kappa shape index (κ2) is 15.7. The van der Waals surface area contributed by atoms with Gasteiger partial charge in [0.05, 0.1) is 26.4 Å². The number of nitrogens with one attached hydrogen (secondary N) is 2. The second-order valence-corrected chi connectivity index (χ2v) is 16.4. The number of carbonyl (C=O) groups is 2. The van der Waals surface area contributed by atoms with Crippen molar-refractivity contribution >= 4 is 11.8 Å². The van der Waals surface area contributed by atoms with Crippen molar-refractivity contribution in [1.29, 1.82) is 0 Å². The number of methoxy groups -OCH3 is 1. The summed E-state index contributed by atoms with van der Waals surface area (Å²) >= 11 is 0. The highest BCUT2D eigenvalue weighted by Crippen LogP contribution is 2.61. The van der Waals surface area contributed by atoms with Gasteiger partial charge in [-0.2, -0.15) is 5.06 Å². The van der Waals surface area contributed by atoms with Crippen molar-refractivity contribution in [2.45, 2.75) is 97.7 Å². The molecule has 3 saturated carbocycles. The molecule has 1 saturated heterocycles. The predicted molar refractivity (Wildman–Crippen MR) is 195 cm³/mol. The van der Waals surface area contributed by atoms with Crippen LogP contribution < -0.4 is 15.4 Å². The molecule has 2 aromatic carbocycles. The van der Waals surface area contributed by atoms with E-state index < -0.39 is 24.2 Å². The number of ether oxygens (including phenoxy) is 1. The maximum Gasteiger partial charge on any atom is 0.251 e. The molecule has 3 aliphatic carbocycles. The molecule has 9 atom stereocenters. The van der Waals surface area contributed by atoms with E-state index in [1.165, 1.54) is 6.42 Å². The number of amides is 2. The van der Waals surface area contributed by atoms with Gasteiger partial charge in [-0.25, -0.2) is 0 Å². The molecule has 10 nitrogen and oxygen atoms in total. The van der Waals surface area contributed by atoms with Crippen LogP contribution in [-0.2, 0) is 16.2 Å². The van der Waals surface area contributed by atoms with Gasteiger partial charge in [-0.1, -0.05) is 65.0 Å². The first-order valence-electron chi connectivity index (χ1n) is 18.4. The molecule has 2 aromatic rings. The van der Waals surface area contributed by atoms with E-state index in [-0.39, 0.29) is 37.0 Å². The lowest BCUT2D eigenvalue weighted by molar-refractivity contribution is -0.183. The number of hydrogen-bond acceptors (Lipinski definition) is 8. The third-order valence-corrected chi connectivity index (χ3v) is 11.8. The van der Waals surface area contributed by atoms with E-state index in [0.29, 0.717) is 40.4 Å². The number of fused-ring (bicyclic) bond motifs is 2. The van der Waals surface area contributed by atoms with Crippen molar-refractivity contribution in [2.75, 3.05) is 34.4 Å². The summed E-state index contributed by atoms with van der Waals surface area (Å²) in [6.45, 7) is 13.5. The Morgan fingerprint density at radius 2 is 1.84 bits per heavy atom. The largest absolute Gasteiger partial charge is 0.496 e. The van der Waals surface area contributed by atoms with E-state index in [4.69, 9.17) is 9.57 Å². The summed E-state index contributed by atoms with van der Waals surface area (Å²) in [5.41, 5.74) is 3.25. The van der Waals surface area contributed by atoms with Crippen molar-refractivity contribution in [3.8, 4) is 16.9 Å². The topological polar surface area (TPSA) is 124 Å². The zero-order valence-corrected chi connectivity index (χ0v) is 31.5. The first-order valence-corrected chi connectivity index (χ1v) is 18.4. The van der Waals surface area contributed by atoms with Crippen LogP contribution in [0.3, 0.4) is 0 Å². The quantitative estimate of drug-likeness (QED) is 0.224. The van der Waals surface area contributed by atoms with Gasteiger partial charge in [-0.15, -0.1) is 0 Å². The highest BCUT2D eigenvalue weighted by molar-refractivity contribution is 5.96. The zero-order valence-electron chi connectivity index (χ0n) is 31.5. The van der Waals surface area contributed by atoms with Gasteiger partial charge in [-0.05, 0) is 87.1 Å². The molecular weight excluding hydrogens is 632 g/mol. The number of nitrogens with zero attached hydrogens (tertiary/aromatic N) is 2. The maximum absolute atomic E-state index is 14.2. The van der Waals surface area contributed by atoms with Crippen LogP contribution in [0.25, 0.3) is 11.1 Å². The normalized spacial score (nSPS) is 28.6. The fraction of sp³-hybridized carbons (Fsp3) is 0.650. The summed E-state index contributed by atoms with van der Waals surface area (Å²) in [6.07, 6.45) is 1.40. The lowest BCUT2D eigenvalue weighted by atomic mass is 9.45. The van der Waals surface area contributed by atoms with Gasteiger partial charge in [-0.3, -0.25) is 14.4 Å². The summed E-state index contributed by atoms with van der Waals surface area (Å²) in [4.78, 5) is 35.9. The molecule has 0 unspecified atom stereocenters. The summed E-state index contributed by atoms with van der Waals surface area (Å²) in [5, 5.41) is 29.3. The number of hydrogen-bond donors (Lipinski definition) is 4. The van der Waals surface area contributed by atoms with E-state index >= 15 is 0 Å². The Balaban J connectivity index is 1.39. The summed E-state index contributed by atoms with van der Waals surface area (Å²) in [7, 11) is 5.63. The summed E-state index contributed by atoms with van der Waals surface area (Å²) in [6, 6.07) is 12.6. The van der Waals surface area contributed by atoms with Crippen molar-refractivity contribution in [3.05, 3.63) is 53.6 Å². The number of hydroxylamine groups is 2.